The molecule has 2 aliphatic heterocycles. The van der Waals surface area contributed by atoms with Gasteiger partial charge in [-0.25, -0.2) is 4.98 Å². The molecule has 146 valence electrons. The number of carbonyl (C=O) groups is 2. The van der Waals surface area contributed by atoms with Crippen molar-refractivity contribution in [3.8, 4) is 17.0 Å². The first-order valence-corrected chi connectivity index (χ1v) is 9.99. The number of fused-ring (bicyclic) bond motifs is 1. The summed E-state index contributed by atoms with van der Waals surface area (Å²) in [6, 6.07) is 11.3. The molecule has 2 amide bonds. The molecule has 1 aromatic heterocycles. The van der Waals surface area contributed by atoms with Crippen LogP contribution in [0.25, 0.3) is 11.3 Å². The molecular weight excluding hydrogens is 354 g/mol. The van der Waals surface area contributed by atoms with Gasteiger partial charge in [-0.15, -0.1) is 0 Å². The summed E-state index contributed by atoms with van der Waals surface area (Å²) in [6.45, 7) is 3.35. The summed E-state index contributed by atoms with van der Waals surface area (Å²) in [4.78, 5) is 31.4. The summed E-state index contributed by atoms with van der Waals surface area (Å²) in [5.74, 6) is 1.34. The van der Waals surface area contributed by atoms with E-state index in [0.717, 1.165) is 42.9 Å². The van der Waals surface area contributed by atoms with Gasteiger partial charge in [0, 0.05) is 24.9 Å². The number of anilines is 1. The molecule has 28 heavy (non-hydrogen) atoms. The van der Waals surface area contributed by atoms with Crippen molar-refractivity contribution in [3.05, 3.63) is 42.0 Å². The smallest absolute Gasteiger partial charge is 0.248 e. The Bertz CT molecular complexity index is 896. The van der Waals surface area contributed by atoms with Gasteiger partial charge in [0.05, 0.1) is 12.3 Å². The maximum absolute atomic E-state index is 12.8. The van der Waals surface area contributed by atoms with Crippen LogP contribution in [0.5, 0.6) is 5.75 Å². The Morgan fingerprint density at radius 1 is 1.29 bits per heavy atom. The Hall–Kier alpha value is -2.89. The molecule has 2 aliphatic rings. The summed E-state index contributed by atoms with van der Waals surface area (Å²) in [5.41, 5.74) is 2.99. The molecule has 3 heterocycles. The second-order valence-electron chi connectivity index (χ2n) is 7.31. The number of likely N-dealkylation sites (tertiary alicyclic amines) is 1. The number of hydrogen-bond acceptors (Lipinski definition) is 4. The molecule has 6 nitrogen and oxygen atoms in total. The Morgan fingerprint density at radius 2 is 2.18 bits per heavy atom. The summed E-state index contributed by atoms with van der Waals surface area (Å²) >= 11 is 0. The summed E-state index contributed by atoms with van der Waals surface area (Å²) < 4.78 is 5.56. The van der Waals surface area contributed by atoms with Crippen LogP contribution in [-0.4, -0.2) is 40.9 Å². The zero-order valence-corrected chi connectivity index (χ0v) is 16.1. The van der Waals surface area contributed by atoms with Crippen LogP contribution >= 0.6 is 0 Å². The van der Waals surface area contributed by atoms with E-state index in [0.29, 0.717) is 25.2 Å². The molecule has 4 rings (SSSR count). The molecule has 0 spiro atoms. The molecule has 1 unspecified atom stereocenters. The lowest BCUT2D eigenvalue weighted by Crippen LogP contribution is -2.43. The number of rotatable bonds is 5. The predicted molar refractivity (Wildman–Crippen MR) is 107 cm³/mol. The lowest BCUT2D eigenvalue weighted by molar-refractivity contribution is -0.136. The topological polar surface area (TPSA) is 71.5 Å². The monoisotopic (exact) mass is 379 g/mol. The van der Waals surface area contributed by atoms with Crippen LogP contribution in [0.1, 0.15) is 38.2 Å². The van der Waals surface area contributed by atoms with Crippen molar-refractivity contribution in [2.24, 2.45) is 0 Å². The van der Waals surface area contributed by atoms with Crippen LogP contribution in [0.15, 0.2) is 36.4 Å². The molecule has 0 saturated carbocycles. The highest BCUT2D eigenvalue weighted by molar-refractivity contribution is 5.97. The third kappa shape index (κ3) is 3.72. The summed E-state index contributed by atoms with van der Waals surface area (Å²) in [5, 5.41) is 2.90. The standard InChI is InChI=1S/C22H25N3O3/c1-2-5-21(26)25-12-4-7-18(25)22(27)24-20-8-3-6-17(23-20)15-9-10-19-16(14-15)11-13-28-19/h3,6,8-10,14,18H,2,4-5,7,11-13H2,1H3,(H,23,24,27). The molecule has 1 saturated heterocycles. The number of ether oxygens (including phenoxy) is 1. The molecule has 1 aromatic carbocycles. The van der Waals surface area contributed by atoms with Crippen LogP contribution < -0.4 is 10.1 Å². The zero-order chi connectivity index (χ0) is 19.5. The highest BCUT2D eigenvalue weighted by Crippen LogP contribution is 2.30. The first-order valence-electron chi connectivity index (χ1n) is 9.99. The van der Waals surface area contributed by atoms with Gasteiger partial charge in [-0.1, -0.05) is 13.0 Å². The van der Waals surface area contributed by atoms with Crippen molar-refractivity contribution in [2.75, 3.05) is 18.5 Å². The SMILES string of the molecule is CCCC(=O)N1CCCC1C(=O)Nc1cccc(-c2ccc3c(c2)CCO3)n1. The average molecular weight is 379 g/mol. The van der Waals surface area contributed by atoms with Gasteiger partial charge in [0.15, 0.2) is 0 Å². The van der Waals surface area contributed by atoms with E-state index in [9.17, 15) is 9.59 Å². The van der Waals surface area contributed by atoms with E-state index < -0.39 is 6.04 Å². The summed E-state index contributed by atoms with van der Waals surface area (Å²) in [7, 11) is 0. The van der Waals surface area contributed by atoms with E-state index >= 15 is 0 Å². The molecule has 6 heteroatoms. The fraction of sp³-hybridized carbons (Fsp3) is 0.409. The molecular formula is C22H25N3O3. The van der Waals surface area contributed by atoms with Crippen molar-refractivity contribution in [1.29, 1.82) is 0 Å². The van der Waals surface area contributed by atoms with E-state index in [-0.39, 0.29) is 11.8 Å². The molecule has 1 atom stereocenters. The van der Waals surface area contributed by atoms with Crippen LogP contribution in [0.2, 0.25) is 0 Å². The van der Waals surface area contributed by atoms with Gasteiger partial charge in [0.1, 0.15) is 17.6 Å². The van der Waals surface area contributed by atoms with Crippen LogP contribution in [0, 0.1) is 0 Å². The molecule has 1 N–H and O–H groups in total. The maximum Gasteiger partial charge on any atom is 0.248 e. The Kier molecular flexibility index (Phi) is 5.28. The maximum atomic E-state index is 12.8. The van der Waals surface area contributed by atoms with Crippen LogP contribution in [0.3, 0.4) is 0 Å². The molecule has 2 aromatic rings. The molecule has 0 radical (unpaired) electrons. The number of carbonyl (C=O) groups excluding carboxylic acids is 2. The number of nitrogens with one attached hydrogen (secondary N) is 1. The lowest BCUT2D eigenvalue weighted by atomic mass is 10.1. The minimum atomic E-state index is -0.401. The minimum absolute atomic E-state index is 0.0576. The first-order chi connectivity index (χ1) is 13.7. The highest BCUT2D eigenvalue weighted by Gasteiger charge is 2.33. The van der Waals surface area contributed by atoms with Gasteiger partial charge in [-0.2, -0.15) is 0 Å². The van der Waals surface area contributed by atoms with Gasteiger partial charge in [0.2, 0.25) is 11.8 Å². The van der Waals surface area contributed by atoms with Gasteiger partial charge in [-0.3, -0.25) is 9.59 Å². The van der Waals surface area contributed by atoms with Gasteiger partial charge >= 0.3 is 0 Å². The van der Waals surface area contributed by atoms with E-state index in [1.807, 2.05) is 31.2 Å². The predicted octanol–water partition coefficient (Wildman–Crippen LogP) is 3.41. The van der Waals surface area contributed by atoms with Gasteiger partial charge in [-0.05, 0) is 55.2 Å². The van der Waals surface area contributed by atoms with Crippen molar-refractivity contribution in [1.82, 2.24) is 9.88 Å². The van der Waals surface area contributed by atoms with Crippen molar-refractivity contribution >= 4 is 17.6 Å². The van der Waals surface area contributed by atoms with Crippen LogP contribution in [0.4, 0.5) is 5.82 Å². The Morgan fingerprint density at radius 3 is 3.04 bits per heavy atom. The largest absolute Gasteiger partial charge is 0.493 e. The highest BCUT2D eigenvalue weighted by atomic mass is 16.5. The number of pyridine rings is 1. The first kappa shape index (κ1) is 18.5. The van der Waals surface area contributed by atoms with Gasteiger partial charge < -0.3 is 15.0 Å². The number of benzene rings is 1. The van der Waals surface area contributed by atoms with Crippen molar-refractivity contribution < 1.29 is 14.3 Å². The quantitative estimate of drug-likeness (QED) is 0.864. The van der Waals surface area contributed by atoms with Crippen LogP contribution in [-0.2, 0) is 16.0 Å². The third-order valence-corrected chi connectivity index (χ3v) is 5.33. The van der Waals surface area contributed by atoms with Crippen molar-refractivity contribution in [2.45, 2.75) is 45.1 Å². The van der Waals surface area contributed by atoms with E-state index in [4.69, 9.17) is 4.74 Å². The van der Waals surface area contributed by atoms with E-state index in [1.54, 1.807) is 11.0 Å². The van der Waals surface area contributed by atoms with E-state index in [1.165, 1.54) is 5.56 Å². The average Bonchev–Trinajstić information content (AvgIpc) is 3.37. The second kappa shape index (κ2) is 8.00. The third-order valence-electron chi connectivity index (χ3n) is 5.33. The normalized spacial score (nSPS) is 17.9. The number of amides is 2. The molecule has 0 bridgehead atoms. The number of hydrogen-bond donors (Lipinski definition) is 1. The second-order valence-corrected chi connectivity index (χ2v) is 7.31. The van der Waals surface area contributed by atoms with Gasteiger partial charge in [0.25, 0.3) is 0 Å². The fourth-order valence-corrected chi connectivity index (χ4v) is 3.92. The minimum Gasteiger partial charge on any atom is -0.493 e. The summed E-state index contributed by atoms with van der Waals surface area (Å²) in [6.07, 6.45) is 3.74. The fourth-order valence-electron chi connectivity index (χ4n) is 3.92. The molecule has 0 aliphatic carbocycles. The number of aromatic nitrogens is 1. The number of nitrogens with zero attached hydrogens (tertiary/aromatic N) is 2. The Balaban J connectivity index is 1.49. The Labute approximate surface area is 164 Å². The zero-order valence-electron chi connectivity index (χ0n) is 16.1. The lowest BCUT2D eigenvalue weighted by Gasteiger charge is -2.23. The van der Waals surface area contributed by atoms with E-state index in [2.05, 4.69) is 16.4 Å². The van der Waals surface area contributed by atoms with Crippen molar-refractivity contribution in [3.63, 3.8) is 0 Å². The molecule has 1 fully saturated rings.